The highest BCUT2D eigenvalue weighted by Gasteiger charge is 2.19. The molecule has 6 nitrogen and oxygen atoms in total. The maximum atomic E-state index is 12.4. The van der Waals surface area contributed by atoms with Crippen molar-refractivity contribution in [1.82, 2.24) is 19.6 Å². The van der Waals surface area contributed by atoms with Gasteiger partial charge in [-0.05, 0) is 18.6 Å². The summed E-state index contributed by atoms with van der Waals surface area (Å²) in [5.41, 5.74) is 0.903. The number of carbonyl (C=O) groups excluding carboxylic acids is 1. The minimum absolute atomic E-state index is 0.281. The molecule has 1 atom stereocenters. The number of amides is 1. The zero-order valence-electron chi connectivity index (χ0n) is 13.2. The molecule has 3 aromatic rings. The maximum absolute atomic E-state index is 12.4. The van der Waals surface area contributed by atoms with Crippen LogP contribution in [0.2, 0.25) is 15.1 Å². The van der Waals surface area contributed by atoms with Gasteiger partial charge in [0.15, 0.2) is 5.82 Å². The number of nitrogens with zero attached hydrogens (tertiary/aromatic N) is 4. The van der Waals surface area contributed by atoms with E-state index in [2.05, 4.69) is 15.5 Å². The monoisotopic (exact) mass is 397 g/mol. The van der Waals surface area contributed by atoms with Gasteiger partial charge >= 0.3 is 0 Å². The summed E-state index contributed by atoms with van der Waals surface area (Å²) in [7, 11) is 0. The number of rotatable bonds is 5. The Morgan fingerprint density at radius 2 is 1.96 bits per heavy atom. The fourth-order valence-corrected chi connectivity index (χ4v) is 2.77. The van der Waals surface area contributed by atoms with E-state index >= 15 is 0 Å². The molecule has 2 aromatic heterocycles. The van der Waals surface area contributed by atoms with E-state index in [-0.39, 0.29) is 11.7 Å². The van der Waals surface area contributed by atoms with Crippen LogP contribution in [0.4, 0.5) is 5.82 Å². The van der Waals surface area contributed by atoms with Gasteiger partial charge in [-0.2, -0.15) is 10.2 Å². The van der Waals surface area contributed by atoms with Gasteiger partial charge in [0.1, 0.15) is 11.1 Å². The minimum atomic E-state index is -0.558. The number of hydrogen-bond donors (Lipinski definition) is 1. The van der Waals surface area contributed by atoms with Crippen LogP contribution in [-0.2, 0) is 11.3 Å². The van der Waals surface area contributed by atoms with Gasteiger partial charge in [0.05, 0.1) is 17.8 Å². The Balaban J connectivity index is 1.72. The fourth-order valence-electron chi connectivity index (χ4n) is 2.23. The molecule has 0 saturated carbocycles. The molecule has 2 heterocycles. The van der Waals surface area contributed by atoms with Crippen molar-refractivity contribution in [2.75, 3.05) is 5.32 Å². The molecule has 0 spiro atoms. The van der Waals surface area contributed by atoms with Gasteiger partial charge in [-0.1, -0.05) is 53.0 Å². The van der Waals surface area contributed by atoms with Crippen LogP contribution in [0.25, 0.3) is 0 Å². The molecule has 0 radical (unpaired) electrons. The van der Waals surface area contributed by atoms with Gasteiger partial charge < -0.3 is 5.32 Å². The standard InChI is InChI=1S/C16H14Cl3N5O/c1-10(24-8-12(17)6-20-24)16(25)21-15-14(19)9-23(22-15)7-11-4-2-3-5-13(11)18/h2-6,8-10H,7H2,1H3,(H,21,22,25). The van der Waals surface area contributed by atoms with E-state index in [1.807, 2.05) is 24.3 Å². The number of halogens is 3. The highest BCUT2D eigenvalue weighted by Crippen LogP contribution is 2.23. The summed E-state index contributed by atoms with van der Waals surface area (Å²) in [4.78, 5) is 12.4. The first-order valence-electron chi connectivity index (χ1n) is 7.41. The minimum Gasteiger partial charge on any atom is -0.306 e. The van der Waals surface area contributed by atoms with Gasteiger partial charge in [-0.25, -0.2) is 0 Å². The van der Waals surface area contributed by atoms with Crippen LogP contribution >= 0.6 is 34.8 Å². The molecule has 1 aromatic carbocycles. The second kappa shape index (κ2) is 7.47. The molecule has 0 aliphatic heterocycles. The average Bonchev–Trinajstić information content (AvgIpc) is 3.15. The molecule has 1 N–H and O–H groups in total. The van der Waals surface area contributed by atoms with Gasteiger partial charge in [0.25, 0.3) is 0 Å². The number of nitrogens with one attached hydrogen (secondary N) is 1. The largest absolute Gasteiger partial charge is 0.306 e. The molecule has 0 bridgehead atoms. The van der Waals surface area contributed by atoms with Crippen LogP contribution in [0.1, 0.15) is 18.5 Å². The van der Waals surface area contributed by atoms with Crippen LogP contribution in [0.15, 0.2) is 42.9 Å². The third kappa shape index (κ3) is 4.15. The van der Waals surface area contributed by atoms with Gasteiger partial charge in [0.2, 0.25) is 5.91 Å². The lowest BCUT2D eigenvalue weighted by molar-refractivity contribution is -0.119. The average molecular weight is 399 g/mol. The van der Waals surface area contributed by atoms with Crippen LogP contribution in [0.5, 0.6) is 0 Å². The SMILES string of the molecule is CC(C(=O)Nc1nn(Cc2ccccc2Cl)cc1Cl)n1cc(Cl)cn1. The normalized spacial score (nSPS) is 12.2. The molecule has 1 unspecified atom stereocenters. The second-order valence-corrected chi connectivity index (χ2v) is 6.67. The van der Waals surface area contributed by atoms with E-state index in [9.17, 15) is 4.79 Å². The maximum Gasteiger partial charge on any atom is 0.250 e. The molecule has 0 aliphatic carbocycles. The summed E-state index contributed by atoms with van der Waals surface area (Å²) in [6.07, 6.45) is 4.68. The Kier molecular flexibility index (Phi) is 5.32. The van der Waals surface area contributed by atoms with Crippen LogP contribution in [0.3, 0.4) is 0 Å². The summed E-state index contributed by atoms with van der Waals surface area (Å²) < 4.78 is 3.08. The molecule has 0 aliphatic rings. The molecule has 25 heavy (non-hydrogen) atoms. The predicted molar refractivity (Wildman–Crippen MR) is 98.4 cm³/mol. The third-order valence-corrected chi connectivity index (χ3v) is 4.44. The van der Waals surface area contributed by atoms with Gasteiger partial charge in [0, 0.05) is 17.4 Å². The highest BCUT2D eigenvalue weighted by atomic mass is 35.5. The topological polar surface area (TPSA) is 64.7 Å². The number of hydrogen-bond acceptors (Lipinski definition) is 3. The number of benzene rings is 1. The first-order valence-corrected chi connectivity index (χ1v) is 8.54. The molecule has 3 rings (SSSR count). The van der Waals surface area contributed by atoms with Crippen molar-refractivity contribution in [3.05, 3.63) is 63.5 Å². The summed E-state index contributed by atoms with van der Waals surface area (Å²) in [5.74, 6) is -0.0199. The first kappa shape index (κ1) is 17.8. The second-order valence-electron chi connectivity index (χ2n) is 5.42. The Morgan fingerprint density at radius 3 is 2.64 bits per heavy atom. The highest BCUT2D eigenvalue weighted by molar-refractivity contribution is 6.33. The summed E-state index contributed by atoms with van der Waals surface area (Å²) >= 11 is 18.2. The smallest absolute Gasteiger partial charge is 0.250 e. The molecular formula is C16H14Cl3N5O. The first-order chi connectivity index (χ1) is 11.9. The number of aromatic nitrogens is 4. The van der Waals surface area contributed by atoms with Crippen molar-refractivity contribution in [2.24, 2.45) is 0 Å². The van der Waals surface area contributed by atoms with E-state index in [0.29, 0.717) is 21.6 Å². The molecular weight excluding hydrogens is 385 g/mol. The fraction of sp³-hybridized carbons (Fsp3) is 0.188. The van der Waals surface area contributed by atoms with E-state index in [1.165, 1.54) is 10.9 Å². The summed E-state index contributed by atoms with van der Waals surface area (Å²) in [6, 6.07) is 6.90. The Morgan fingerprint density at radius 1 is 1.20 bits per heavy atom. The third-order valence-electron chi connectivity index (χ3n) is 3.60. The van der Waals surface area contributed by atoms with Crippen LogP contribution in [0, 0.1) is 0 Å². The molecule has 0 saturated heterocycles. The summed E-state index contributed by atoms with van der Waals surface area (Å²) in [5, 5.41) is 12.5. The van der Waals surface area contributed by atoms with Crippen molar-refractivity contribution in [1.29, 1.82) is 0 Å². The lowest BCUT2D eigenvalue weighted by Gasteiger charge is -2.11. The molecule has 0 fully saturated rings. The predicted octanol–water partition coefficient (Wildman–Crippen LogP) is 4.29. The van der Waals surface area contributed by atoms with Crippen molar-refractivity contribution in [3.8, 4) is 0 Å². The molecule has 130 valence electrons. The van der Waals surface area contributed by atoms with E-state index in [0.717, 1.165) is 5.56 Å². The Labute approximate surface area is 159 Å². The molecule has 1 amide bonds. The van der Waals surface area contributed by atoms with Gasteiger partial charge in [-0.3, -0.25) is 14.2 Å². The summed E-state index contributed by atoms with van der Waals surface area (Å²) in [6.45, 7) is 2.15. The van der Waals surface area contributed by atoms with Crippen molar-refractivity contribution < 1.29 is 4.79 Å². The number of anilines is 1. The lowest BCUT2D eigenvalue weighted by Crippen LogP contribution is -2.24. The Hall–Kier alpha value is -2.02. The van der Waals surface area contributed by atoms with E-state index in [4.69, 9.17) is 34.8 Å². The quantitative estimate of drug-likeness (QED) is 0.697. The van der Waals surface area contributed by atoms with Crippen LogP contribution < -0.4 is 5.32 Å². The zero-order chi connectivity index (χ0) is 18.0. The van der Waals surface area contributed by atoms with Crippen LogP contribution in [-0.4, -0.2) is 25.5 Å². The van der Waals surface area contributed by atoms with Gasteiger partial charge in [-0.15, -0.1) is 0 Å². The number of carbonyl (C=O) groups is 1. The molecule has 9 heteroatoms. The Bertz CT molecular complexity index is 905. The zero-order valence-corrected chi connectivity index (χ0v) is 15.4. The van der Waals surface area contributed by atoms with E-state index in [1.54, 1.807) is 24.0 Å². The van der Waals surface area contributed by atoms with Crippen molar-refractivity contribution >= 4 is 46.5 Å². The van der Waals surface area contributed by atoms with Crippen molar-refractivity contribution in [2.45, 2.75) is 19.5 Å². The van der Waals surface area contributed by atoms with E-state index < -0.39 is 6.04 Å². The van der Waals surface area contributed by atoms with Crippen molar-refractivity contribution in [3.63, 3.8) is 0 Å². The lowest BCUT2D eigenvalue weighted by atomic mass is 10.2.